The molecule has 1 atom stereocenters. The largest absolute Gasteiger partial charge is 0.396 e. The Balaban J connectivity index is 2.30. The number of likely N-dealkylation sites (N-methyl/N-ethyl adjacent to an activating group) is 1. The molecule has 0 radical (unpaired) electrons. The van der Waals surface area contributed by atoms with E-state index in [4.69, 9.17) is 9.97 Å². The van der Waals surface area contributed by atoms with Gasteiger partial charge in [0.1, 0.15) is 0 Å². The molecule has 1 N–H and O–H groups in total. The number of aromatic nitrogens is 2. The molecule has 1 aromatic heterocycles. The molecule has 2 rings (SSSR count). The molecule has 1 aromatic carbocycles. The molecule has 1 heterocycles. The normalized spacial score (nSPS) is 13.8. The molecule has 44 heavy (non-hydrogen) atoms. The third-order valence-corrected chi connectivity index (χ3v) is 8.89. The molecule has 0 aliphatic carbocycles. The van der Waals surface area contributed by atoms with Gasteiger partial charge in [-0.1, -0.05) is 94.5 Å². The summed E-state index contributed by atoms with van der Waals surface area (Å²) in [6.45, 7) is 22.2. The van der Waals surface area contributed by atoms with E-state index >= 15 is 0 Å². The second kappa shape index (κ2) is 18.4. The van der Waals surface area contributed by atoms with Crippen molar-refractivity contribution in [2.45, 2.75) is 66.2 Å². The first kappa shape index (κ1) is 36.8. The van der Waals surface area contributed by atoms with Crippen LogP contribution in [-0.2, 0) is 11.2 Å². The second-order valence-electron chi connectivity index (χ2n) is 11.5. The number of aryl methyl sites for hydroxylation is 2. The summed E-state index contributed by atoms with van der Waals surface area (Å²) in [7, 11) is 1.84. The first-order valence-corrected chi connectivity index (χ1v) is 16.7. The number of amides is 1. The second-order valence-corrected chi connectivity index (χ2v) is 12.3. The number of rotatable bonds is 18. The lowest BCUT2D eigenvalue weighted by atomic mass is 9.83. The van der Waals surface area contributed by atoms with Gasteiger partial charge in [-0.25, -0.2) is 9.97 Å². The van der Waals surface area contributed by atoms with Crippen LogP contribution < -0.4 is 15.0 Å². The summed E-state index contributed by atoms with van der Waals surface area (Å²) in [4.78, 5) is 25.2. The predicted octanol–water partition coefficient (Wildman–Crippen LogP) is 6.43. The zero-order valence-electron chi connectivity index (χ0n) is 27.7. The Morgan fingerprint density at radius 2 is 1.86 bits per heavy atom. The number of nitrogens with zero attached hydrogens (tertiary/aromatic N) is 4. The van der Waals surface area contributed by atoms with Crippen LogP contribution in [0.3, 0.4) is 0 Å². The van der Waals surface area contributed by atoms with Crippen molar-refractivity contribution in [2.75, 3.05) is 37.3 Å². The summed E-state index contributed by atoms with van der Waals surface area (Å²) >= 11 is 1.74. The van der Waals surface area contributed by atoms with E-state index in [1.807, 2.05) is 26.1 Å². The summed E-state index contributed by atoms with van der Waals surface area (Å²) in [5, 5.41) is 10.5. The molecule has 0 bridgehead atoms. The van der Waals surface area contributed by atoms with Crippen LogP contribution in [0.15, 0.2) is 67.8 Å². The van der Waals surface area contributed by atoms with E-state index in [0.29, 0.717) is 29.2 Å². The Labute approximate surface area is 269 Å². The highest BCUT2D eigenvalue weighted by Gasteiger charge is 2.27. The Morgan fingerprint density at radius 3 is 2.45 bits per heavy atom. The lowest BCUT2D eigenvalue weighted by Gasteiger charge is -2.36. The van der Waals surface area contributed by atoms with Crippen molar-refractivity contribution in [3.63, 3.8) is 0 Å². The van der Waals surface area contributed by atoms with Crippen LogP contribution in [0.4, 0.5) is 5.69 Å². The number of benzene rings is 1. The number of carbonyl (C=O) groups is 1. The summed E-state index contributed by atoms with van der Waals surface area (Å²) < 4.78 is 2.36. The number of hydrogen-bond donors (Lipinski definition) is 1. The van der Waals surface area contributed by atoms with Gasteiger partial charge in [0.05, 0.1) is 22.1 Å². The van der Waals surface area contributed by atoms with E-state index in [-0.39, 0.29) is 17.9 Å². The molecule has 0 saturated heterocycles. The number of para-hydroxylation sites is 1. The van der Waals surface area contributed by atoms with E-state index in [0.717, 1.165) is 55.6 Å². The Hall–Kier alpha value is -3.42. The first-order chi connectivity index (χ1) is 21.1. The third-order valence-electron chi connectivity index (χ3n) is 8.13. The van der Waals surface area contributed by atoms with Crippen molar-refractivity contribution < 1.29 is 9.90 Å². The van der Waals surface area contributed by atoms with Gasteiger partial charge in [0, 0.05) is 49.8 Å². The molecule has 0 fully saturated rings. The van der Waals surface area contributed by atoms with Crippen molar-refractivity contribution in [3.8, 4) is 0 Å². The number of carbonyl (C=O) groups excluding carboxylic acids is 1. The third kappa shape index (κ3) is 10.3. The minimum absolute atomic E-state index is 0.0171. The lowest BCUT2D eigenvalue weighted by Crippen LogP contribution is -2.38. The highest BCUT2D eigenvalue weighted by atomic mass is 32.2. The van der Waals surface area contributed by atoms with Crippen LogP contribution in [0.1, 0.15) is 69.8 Å². The van der Waals surface area contributed by atoms with Crippen LogP contribution in [0, 0.1) is 12.3 Å². The fourth-order valence-electron chi connectivity index (χ4n) is 4.99. The molecule has 1 unspecified atom stereocenters. The van der Waals surface area contributed by atoms with E-state index in [2.05, 4.69) is 75.3 Å². The van der Waals surface area contributed by atoms with Crippen LogP contribution in [0.5, 0.6) is 0 Å². The van der Waals surface area contributed by atoms with Crippen molar-refractivity contribution in [1.82, 2.24) is 14.9 Å². The molecular formula is C37H52N4O2S. The van der Waals surface area contributed by atoms with Gasteiger partial charge >= 0.3 is 0 Å². The van der Waals surface area contributed by atoms with Crippen LogP contribution >= 0.6 is 11.9 Å². The van der Waals surface area contributed by atoms with Gasteiger partial charge < -0.3 is 14.3 Å². The first-order valence-electron chi connectivity index (χ1n) is 15.5. The Kier molecular flexibility index (Phi) is 15.4. The Morgan fingerprint density at radius 1 is 1.14 bits per heavy atom. The zero-order chi connectivity index (χ0) is 32.7. The average molecular weight is 617 g/mol. The minimum atomic E-state index is -0.125. The van der Waals surface area contributed by atoms with Crippen molar-refractivity contribution >= 4 is 41.3 Å². The molecule has 1 amide bonds. The average Bonchev–Trinajstić information content (AvgIpc) is 3.03. The SMILES string of the molecule is C=C/C=C(\C=C)c1nc(=C/C)/c(=C\C(=C)C(=O)N(C)CCC(C)(CC)CN(SC)c2ccccc2C)nc1CCCCCO. The van der Waals surface area contributed by atoms with Gasteiger partial charge in [-0.3, -0.25) is 4.79 Å². The quantitative estimate of drug-likeness (QED) is 0.0901. The number of aliphatic hydroxyl groups is 1. The van der Waals surface area contributed by atoms with Gasteiger partial charge in [-0.2, -0.15) is 0 Å². The maximum Gasteiger partial charge on any atom is 0.253 e. The highest BCUT2D eigenvalue weighted by Crippen LogP contribution is 2.34. The minimum Gasteiger partial charge on any atom is -0.396 e. The number of aliphatic hydroxyl groups excluding tert-OH is 1. The van der Waals surface area contributed by atoms with E-state index in [9.17, 15) is 9.90 Å². The standard InChI is InChI=1S/C37H52N4O2S/c1-10-19-30(11-2)35-32(21-15-14-18-25-42)38-33(31(12-3)39-35)26-29(6)36(43)40(8)24-23-37(7,13-4)27-41(44-9)34-22-17-16-20-28(34)5/h10-12,16-17,19-20,22,26,42H,1-2,6,13-15,18,21,23-25,27H2,3-5,7-9H3/b30-19+,31-12+,33-26+. The van der Waals surface area contributed by atoms with Gasteiger partial charge in [0.25, 0.3) is 5.91 Å². The molecule has 0 spiro atoms. The number of unbranched alkanes of at least 4 members (excludes halogenated alkanes) is 2. The van der Waals surface area contributed by atoms with Gasteiger partial charge in [-0.15, -0.1) is 0 Å². The van der Waals surface area contributed by atoms with E-state index in [1.54, 1.807) is 35.1 Å². The fourth-order valence-corrected chi connectivity index (χ4v) is 5.83. The van der Waals surface area contributed by atoms with Crippen molar-refractivity contribution in [2.24, 2.45) is 5.41 Å². The maximum absolute atomic E-state index is 13.5. The molecule has 0 saturated carbocycles. The molecule has 0 aliphatic heterocycles. The number of allylic oxidation sites excluding steroid dienone is 4. The molecule has 238 valence electrons. The monoisotopic (exact) mass is 616 g/mol. The van der Waals surface area contributed by atoms with Gasteiger partial charge in [0.2, 0.25) is 0 Å². The summed E-state index contributed by atoms with van der Waals surface area (Å²) in [6, 6.07) is 8.47. The molecule has 6 nitrogen and oxygen atoms in total. The number of anilines is 1. The van der Waals surface area contributed by atoms with Gasteiger partial charge in [-0.05, 0) is 69.1 Å². The fraction of sp³-hybridized carbons (Fsp3) is 0.432. The molecule has 0 aliphatic rings. The lowest BCUT2D eigenvalue weighted by molar-refractivity contribution is -0.125. The summed E-state index contributed by atoms with van der Waals surface area (Å²) in [5.41, 5.74) is 5.30. The van der Waals surface area contributed by atoms with E-state index in [1.165, 1.54) is 11.3 Å². The van der Waals surface area contributed by atoms with Crippen molar-refractivity contribution in [1.29, 1.82) is 0 Å². The number of hydrogen-bond acceptors (Lipinski definition) is 6. The molecular weight excluding hydrogens is 565 g/mol. The van der Waals surface area contributed by atoms with Crippen LogP contribution in [-0.4, -0.2) is 58.9 Å². The van der Waals surface area contributed by atoms with Crippen LogP contribution in [0.2, 0.25) is 0 Å². The van der Waals surface area contributed by atoms with Gasteiger partial charge in [0.15, 0.2) is 0 Å². The summed E-state index contributed by atoms with van der Waals surface area (Å²) in [6.07, 6.45) is 16.2. The zero-order valence-corrected chi connectivity index (χ0v) is 28.6. The highest BCUT2D eigenvalue weighted by molar-refractivity contribution is 7.99. The maximum atomic E-state index is 13.5. The van der Waals surface area contributed by atoms with Crippen molar-refractivity contribution in [3.05, 3.63) is 95.5 Å². The molecule has 2 aromatic rings. The van der Waals surface area contributed by atoms with Crippen LogP contribution in [0.25, 0.3) is 17.7 Å². The topological polar surface area (TPSA) is 69.6 Å². The van der Waals surface area contributed by atoms with E-state index < -0.39 is 0 Å². The smallest absolute Gasteiger partial charge is 0.253 e. The summed E-state index contributed by atoms with van der Waals surface area (Å²) in [5.74, 6) is -0.125. The predicted molar refractivity (Wildman–Crippen MR) is 191 cm³/mol. The molecule has 7 heteroatoms. The Bertz CT molecular complexity index is 1450.